The summed E-state index contributed by atoms with van der Waals surface area (Å²) in [4.78, 5) is 23.7. The van der Waals surface area contributed by atoms with Crippen LogP contribution in [-0.2, 0) is 16.0 Å². The van der Waals surface area contributed by atoms with E-state index >= 15 is 0 Å². The molecule has 3 aromatic rings. The number of fused-ring (bicyclic) bond motifs is 1. The van der Waals surface area contributed by atoms with E-state index < -0.39 is 0 Å². The number of carbonyl (C=O) groups excluding carboxylic acids is 2. The molecule has 6 heteroatoms. The van der Waals surface area contributed by atoms with Crippen LogP contribution in [0.1, 0.15) is 29.3 Å². The van der Waals surface area contributed by atoms with Crippen LogP contribution in [0.5, 0.6) is 0 Å². The van der Waals surface area contributed by atoms with E-state index in [9.17, 15) is 9.59 Å². The molecule has 0 bridgehead atoms. The van der Waals surface area contributed by atoms with Gasteiger partial charge in [0.2, 0.25) is 11.8 Å². The lowest BCUT2D eigenvalue weighted by Gasteiger charge is -2.10. The molecule has 0 radical (unpaired) electrons. The largest absolute Gasteiger partial charge is 0.356 e. The second-order valence-electron chi connectivity index (χ2n) is 6.52. The summed E-state index contributed by atoms with van der Waals surface area (Å²) in [5, 5.41) is 10.5. The Morgan fingerprint density at radius 1 is 1.04 bits per heavy atom. The molecule has 1 heterocycles. The third-order valence-electron chi connectivity index (χ3n) is 4.15. The lowest BCUT2D eigenvalue weighted by molar-refractivity contribution is -0.116. The summed E-state index contributed by atoms with van der Waals surface area (Å²) in [6.45, 7) is 7.31. The van der Waals surface area contributed by atoms with Gasteiger partial charge in [-0.05, 0) is 55.7 Å². The van der Waals surface area contributed by atoms with E-state index in [0.29, 0.717) is 22.7 Å². The maximum atomic E-state index is 12.5. The lowest BCUT2D eigenvalue weighted by atomic mass is 10.0. The Morgan fingerprint density at radius 2 is 1.81 bits per heavy atom. The number of hydrogen-bond acceptors (Lipinski definition) is 4. The molecule has 2 N–H and O–H groups in total. The highest BCUT2D eigenvalue weighted by atomic mass is 16.5. The number of nitrogens with zero attached hydrogens (tertiary/aromatic N) is 1. The van der Waals surface area contributed by atoms with Crippen molar-refractivity contribution in [1.29, 1.82) is 0 Å². The van der Waals surface area contributed by atoms with Gasteiger partial charge in [0.15, 0.2) is 5.58 Å². The van der Waals surface area contributed by atoms with E-state index in [0.717, 1.165) is 22.1 Å². The molecule has 0 aliphatic rings. The zero-order valence-corrected chi connectivity index (χ0v) is 15.3. The number of anilines is 2. The van der Waals surface area contributed by atoms with Gasteiger partial charge < -0.3 is 15.2 Å². The highest BCUT2D eigenvalue weighted by Gasteiger charge is 2.15. The average Bonchev–Trinajstić information content (AvgIpc) is 2.92. The highest BCUT2D eigenvalue weighted by molar-refractivity contribution is 5.97. The van der Waals surface area contributed by atoms with Crippen molar-refractivity contribution < 1.29 is 14.1 Å². The van der Waals surface area contributed by atoms with Gasteiger partial charge in [0.05, 0.1) is 6.42 Å². The summed E-state index contributed by atoms with van der Waals surface area (Å²) >= 11 is 0. The first-order valence-electron chi connectivity index (χ1n) is 8.37. The minimum Gasteiger partial charge on any atom is -0.356 e. The fourth-order valence-electron chi connectivity index (χ4n) is 3.03. The smallest absolute Gasteiger partial charge is 0.230 e. The highest BCUT2D eigenvalue weighted by Crippen LogP contribution is 2.25. The van der Waals surface area contributed by atoms with Crippen LogP contribution in [0.25, 0.3) is 11.0 Å². The van der Waals surface area contributed by atoms with Crippen molar-refractivity contribution in [3.8, 4) is 0 Å². The third-order valence-corrected chi connectivity index (χ3v) is 4.15. The second kappa shape index (κ2) is 7.00. The molecule has 1 aromatic heterocycles. The maximum absolute atomic E-state index is 12.5. The van der Waals surface area contributed by atoms with Gasteiger partial charge in [-0.15, -0.1) is 0 Å². The summed E-state index contributed by atoms with van der Waals surface area (Å²) in [6.07, 6.45) is 0.112. The summed E-state index contributed by atoms with van der Waals surface area (Å²) < 4.78 is 5.37. The molecule has 0 unspecified atom stereocenters. The summed E-state index contributed by atoms with van der Waals surface area (Å²) in [5.41, 5.74) is 5.63. The van der Waals surface area contributed by atoms with Crippen molar-refractivity contribution in [2.24, 2.45) is 0 Å². The first-order valence-corrected chi connectivity index (χ1v) is 8.37. The average molecular weight is 351 g/mol. The Hall–Kier alpha value is -3.15. The molecule has 134 valence electrons. The van der Waals surface area contributed by atoms with Gasteiger partial charge in [0, 0.05) is 23.7 Å². The Morgan fingerprint density at radius 3 is 2.54 bits per heavy atom. The van der Waals surface area contributed by atoms with E-state index in [2.05, 4.69) is 15.8 Å². The van der Waals surface area contributed by atoms with Crippen LogP contribution in [0, 0.1) is 20.8 Å². The fourth-order valence-corrected chi connectivity index (χ4v) is 3.03. The van der Waals surface area contributed by atoms with Gasteiger partial charge in [-0.25, -0.2) is 0 Å². The van der Waals surface area contributed by atoms with E-state index in [1.165, 1.54) is 6.92 Å². The zero-order valence-electron chi connectivity index (χ0n) is 15.3. The SMILES string of the molecule is CC(=O)Nc1ccc(C)c(NC(=O)Cc2noc3cc(C)cc(C)c23)c1. The van der Waals surface area contributed by atoms with Crippen LogP contribution in [0.3, 0.4) is 0 Å². The molecule has 0 atom stereocenters. The molecule has 0 fully saturated rings. The summed E-state index contributed by atoms with van der Waals surface area (Å²) in [6, 6.07) is 9.34. The van der Waals surface area contributed by atoms with Crippen LogP contribution in [0.4, 0.5) is 11.4 Å². The quantitative estimate of drug-likeness (QED) is 0.747. The number of carbonyl (C=O) groups is 2. The zero-order chi connectivity index (χ0) is 18.8. The van der Waals surface area contributed by atoms with Gasteiger partial charge in [-0.2, -0.15) is 0 Å². The van der Waals surface area contributed by atoms with Crippen LogP contribution in [0.15, 0.2) is 34.9 Å². The van der Waals surface area contributed by atoms with Crippen molar-refractivity contribution in [2.45, 2.75) is 34.1 Å². The molecular weight excluding hydrogens is 330 g/mol. The van der Waals surface area contributed by atoms with E-state index in [1.807, 2.05) is 39.0 Å². The van der Waals surface area contributed by atoms with Crippen molar-refractivity contribution >= 4 is 34.2 Å². The number of nitrogens with one attached hydrogen (secondary N) is 2. The molecule has 0 saturated heterocycles. The predicted molar refractivity (Wildman–Crippen MR) is 101 cm³/mol. The Bertz CT molecular complexity index is 1000. The number of rotatable bonds is 4. The molecule has 6 nitrogen and oxygen atoms in total. The van der Waals surface area contributed by atoms with Crippen molar-refractivity contribution in [3.05, 3.63) is 52.7 Å². The van der Waals surface area contributed by atoms with Gasteiger partial charge in [-0.3, -0.25) is 9.59 Å². The first-order chi connectivity index (χ1) is 12.3. The molecule has 0 spiro atoms. The predicted octanol–water partition coefficient (Wildman–Crippen LogP) is 3.89. The van der Waals surface area contributed by atoms with Crippen LogP contribution in [-0.4, -0.2) is 17.0 Å². The number of amides is 2. The van der Waals surface area contributed by atoms with Crippen LogP contribution >= 0.6 is 0 Å². The molecular formula is C20H21N3O3. The van der Waals surface area contributed by atoms with Gasteiger partial charge >= 0.3 is 0 Å². The Kier molecular flexibility index (Phi) is 4.75. The minimum absolute atomic E-state index is 0.112. The first kappa shape index (κ1) is 17.7. The van der Waals surface area contributed by atoms with E-state index in [1.54, 1.807) is 12.1 Å². The van der Waals surface area contributed by atoms with Crippen molar-refractivity contribution in [1.82, 2.24) is 5.16 Å². The number of benzene rings is 2. The molecule has 2 aromatic carbocycles. The number of aryl methyl sites for hydroxylation is 3. The number of aromatic nitrogens is 1. The van der Waals surface area contributed by atoms with E-state index in [-0.39, 0.29) is 18.2 Å². The lowest BCUT2D eigenvalue weighted by Crippen LogP contribution is -2.16. The number of hydrogen-bond donors (Lipinski definition) is 2. The molecule has 0 saturated carbocycles. The molecule has 26 heavy (non-hydrogen) atoms. The van der Waals surface area contributed by atoms with Crippen molar-refractivity contribution in [2.75, 3.05) is 10.6 Å². The molecule has 2 amide bonds. The topological polar surface area (TPSA) is 84.2 Å². The van der Waals surface area contributed by atoms with Crippen LogP contribution < -0.4 is 10.6 Å². The van der Waals surface area contributed by atoms with Crippen molar-refractivity contribution in [3.63, 3.8) is 0 Å². The third kappa shape index (κ3) is 3.74. The maximum Gasteiger partial charge on any atom is 0.230 e. The summed E-state index contributed by atoms with van der Waals surface area (Å²) in [5.74, 6) is -0.353. The molecule has 0 aliphatic carbocycles. The van der Waals surface area contributed by atoms with Gasteiger partial charge in [-0.1, -0.05) is 17.3 Å². The van der Waals surface area contributed by atoms with E-state index in [4.69, 9.17) is 4.52 Å². The van der Waals surface area contributed by atoms with Gasteiger partial charge in [0.1, 0.15) is 5.69 Å². The monoisotopic (exact) mass is 351 g/mol. The molecule has 3 rings (SSSR count). The van der Waals surface area contributed by atoms with Crippen LogP contribution in [0.2, 0.25) is 0 Å². The Labute approximate surface area is 151 Å². The second-order valence-corrected chi connectivity index (χ2v) is 6.52. The van der Waals surface area contributed by atoms with Gasteiger partial charge in [0.25, 0.3) is 0 Å². The molecule has 0 aliphatic heterocycles. The fraction of sp³-hybridized carbons (Fsp3) is 0.250. The normalized spacial score (nSPS) is 10.8. The minimum atomic E-state index is -0.191. The summed E-state index contributed by atoms with van der Waals surface area (Å²) in [7, 11) is 0. The standard InChI is InChI=1S/C20H21N3O3/c1-11-7-13(3)20-17(23-26-18(20)8-11)10-19(25)22-16-9-15(21-14(4)24)6-5-12(16)2/h5-9H,10H2,1-4H3,(H,21,24)(H,22,25). The Balaban J connectivity index is 1.81.